The molecule has 5 nitrogen and oxygen atoms in total. The fourth-order valence-electron chi connectivity index (χ4n) is 1.27. The quantitative estimate of drug-likeness (QED) is 0.901. The van der Waals surface area contributed by atoms with Crippen molar-refractivity contribution >= 4 is 17.4 Å². The molecule has 0 unspecified atom stereocenters. The first kappa shape index (κ1) is 11.6. The third-order valence-corrected chi connectivity index (χ3v) is 2.32. The van der Waals surface area contributed by atoms with Gasteiger partial charge in [0.1, 0.15) is 5.82 Å². The van der Waals surface area contributed by atoms with Crippen LogP contribution in [0.15, 0.2) is 30.5 Å². The van der Waals surface area contributed by atoms with Crippen LogP contribution in [-0.2, 0) is 6.54 Å². The van der Waals surface area contributed by atoms with Gasteiger partial charge < -0.3 is 10.1 Å². The number of anilines is 1. The second-order valence-electron chi connectivity index (χ2n) is 3.30. The number of halogens is 1. The summed E-state index contributed by atoms with van der Waals surface area (Å²) in [5.74, 6) is 1.26. The van der Waals surface area contributed by atoms with Gasteiger partial charge in [-0.25, -0.2) is 4.98 Å². The van der Waals surface area contributed by atoms with E-state index in [4.69, 9.17) is 16.3 Å². The molecule has 88 valence electrons. The lowest BCUT2D eigenvalue weighted by atomic mass is 10.2. The number of aromatic nitrogens is 3. The minimum atomic E-state index is 0.376. The van der Waals surface area contributed by atoms with E-state index in [0.717, 1.165) is 5.56 Å². The fraction of sp³-hybridized carbons (Fsp3) is 0.182. The largest absolute Gasteiger partial charge is 0.481 e. The first-order valence-corrected chi connectivity index (χ1v) is 5.38. The molecule has 0 amide bonds. The Labute approximate surface area is 104 Å². The van der Waals surface area contributed by atoms with Gasteiger partial charge in [0.05, 0.1) is 7.11 Å². The van der Waals surface area contributed by atoms with E-state index in [1.807, 2.05) is 12.1 Å². The van der Waals surface area contributed by atoms with Gasteiger partial charge in [0.2, 0.25) is 5.88 Å². The van der Waals surface area contributed by atoms with E-state index < -0.39 is 0 Å². The summed E-state index contributed by atoms with van der Waals surface area (Å²) in [7, 11) is 1.59. The number of pyridine rings is 1. The summed E-state index contributed by atoms with van der Waals surface area (Å²) in [6.45, 7) is 0.620. The lowest BCUT2D eigenvalue weighted by molar-refractivity contribution is 0.397. The van der Waals surface area contributed by atoms with E-state index in [0.29, 0.717) is 23.4 Å². The summed E-state index contributed by atoms with van der Waals surface area (Å²) in [6.07, 6.45) is 1.70. The Morgan fingerprint density at radius 1 is 1.29 bits per heavy atom. The highest BCUT2D eigenvalue weighted by atomic mass is 35.5. The summed E-state index contributed by atoms with van der Waals surface area (Å²) < 4.78 is 5.04. The van der Waals surface area contributed by atoms with Crippen LogP contribution in [0.4, 0.5) is 5.82 Å². The number of rotatable bonds is 4. The minimum Gasteiger partial charge on any atom is -0.481 e. The number of methoxy groups -OCH3 is 1. The van der Waals surface area contributed by atoms with Crippen molar-refractivity contribution in [1.82, 2.24) is 15.2 Å². The van der Waals surface area contributed by atoms with Crippen molar-refractivity contribution in [2.75, 3.05) is 12.4 Å². The highest BCUT2D eigenvalue weighted by Crippen LogP contribution is 2.11. The summed E-state index contributed by atoms with van der Waals surface area (Å²) >= 11 is 5.64. The third kappa shape index (κ3) is 3.29. The van der Waals surface area contributed by atoms with Crippen LogP contribution in [0.25, 0.3) is 0 Å². The third-order valence-electron chi connectivity index (χ3n) is 2.11. The van der Waals surface area contributed by atoms with Crippen molar-refractivity contribution < 1.29 is 4.74 Å². The molecule has 0 fully saturated rings. The van der Waals surface area contributed by atoms with Crippen LogP contribution in [0, 0.1) is 0 Å². The van der Waals surface area contributed by atoms with Crippen LogP contribution in [0.3, 0.4) is 0 Å². The van der Waals surface area contributed by atoms with E-state index >= 15 is 0 Å². The van der Waals surface area contributed by atoms with Crippen LogP contribution in [-0.4, -0.2) is 22.3 Å². The van der Waals surface area contributed by atoms with Crippen molar-refractivity contribution in [1.29, 1.82) is 0 Å². The average molecular weight is 251 g/mol. The van der Waals surface area contributed by atoms with Crippen LogP contribution >= 0.6 is 11.6 Å². The Morgan fingerprint density at radius 2 is 2.18 bits per heavy atom. The van der Waals surface area contributed by atoms with Gasteiger partial charge in [0.15, 0.2) is 5.15 Å². The molecule has 2 heterocycles. The molecule has 2 aromatic rings. The lowest BCUT2D eigenvalue weighted by Crippen LogP contribution is -2.02. The molecule has 0 aliphatic carbocycles. The average Bonchev–Trinajstić information content (AvgIpc) is 2.38. The van der Waals surface area contributed by atoms with Gasteiger partial charge in [0.25, 0.3) is 0 Å². The van der Waals surface area contributed by atoms with E-state index in [-0.39, 0.29) is 0 Å². The van der Waals surface area contributed by atoms with E-state index in [1.54, 1.807) is 25.4 Å². The second kappa shape index (κ2) is 5.45. The molecule has 17 heavy (non-hydrogen) atoms. The molecular formula is C11H11ClN4O. The topological polar surface area (TPSA) is 59.9 Å². The van der Waals surface area contributed by atoms with Gasteiger partial charge in [-0.15, -0.1) is 10.2 Å². The Morgan fingerprint density at radius 3 is 2.88 bits per heavy atom. The Bertz CT molecular complexity index is 489. The molecule has 0 saturated heterocycles. The Hall–Kier alpha value is -1.88. The standard InChI is InChI=1S/C11H11ClN4O/c1-17-11-6-8(4-5-13-11)7-14-10-3-2-9(12)15-16-10/h2-6H,7H2,1H3,(H,14,16). The first-order valence-electron chi connectivity index (χ1n) is 5.00. The Kier molecular flexibility index (Phi) is 3.72. The molecule has 0 aliphatic heterocycles. The predicted octanol–water partition coefficient (Wildman–Crippen LogP) is 2.15. The van der Waals surface area contributed by atoms with Gasteiger partial charge in [-0.05, 0) is 23.8 Å². The van der Waals surface area contributed by atoms with Crippen molar-refractivity contribution in [3.8, 4) is 5.88 Å². The Balaban J connectivity index is 1.99. The molecule has 0 aliphatic rings. The van der Waals surface area contributed by atoms with Crippen molar-refractivity contribution in [3.63, 3.8) is 0 Å². The molecule has 0 atom stereocenters. The smallest absolute Gasteiger partial charge is 0.213 e. The SMILES string of the molecule is COc1cc(CNc2ccc(Cl)nn2)ccn1. The number of ether oxygens (including phenoxy) is 1. The number of nitrogens with one attached hydrogen (secondary N) is 1. The number of nitrogens with zero attached hydrogens (tertiary/aromatic N) is 3. The van der Waals surface area contributed by atoms with Crippen molar-refractivity contribution in [3.05, 3.63) is 41.2 Å². The molecule has 0 aromatic carbocycles. The monoisotopic (exact) mass is 250 g/mol. The summed E-state index contributed by atoms with van der Waals surface area (Å²) in [5, 5.41) is 11.1. The van der Waals surface area contributed by atoms with Crippen LogP contribution in [0.5, 0.6) is 5.88 Å². The van der Waals surface area contributed by atoms with Crippen LogP contribution in [0.2, 0.25) is 5.15 Å². The van der Waals surface area contributed by atoms with Gasteiger partial charge in [0, 0.05) is 18.8 Å². The maximum absolute atomic E-state index is 5.64. The van der Waals surface area contributed by atoms with Gasteiger partial charge in [-0.2, -0.15) is 0 Å². The van der Waals surface area contributed by atoms with E-state index in [1.165, 1.54) is 0 Å². The fourth-order valence-corrected chi connectivity index (χ4v) is 1.38. The number of hydrogen-bond acceptors (Lipinski definition) is 5. The predicted molar refractivity (Wildman–Crippen MR) is 65.2 cm³/mol. The van der Waals surface area contributed by atoms with Crippen molar-refractivity contribution in [2.24, 2.45) is 0 Å². The lowest BCUT2D eigenvalue weighted by Gasteiger charge is -2.05. The zero-order chi connectivity index (χ0) is 12.1. The van der Waals surface area contributed by atoms with Crippen LogP contribution in [0.1, 0.15) is 5.56 Å². The maximum Gasteiger partial charge on any atom is 0.213 e. The highest BCUT2D eigenvalue weighted by molar-refractivity contribution is 6.29. The van der Waals surface area contributed by atoms with Gasteiger partial charge in [-0.3, -0.25) is 0 Å². The summed E-state index contributed by atoms with van der Waals surface area (Å²) in [4.78, 5) is 4.03. The molecule has 6 heteroatoms. The highest BCUT2D eigenvalue weighted by Gasteiger charge is 1.98. The number of hydrogen-bond donors (Lipinski definition) is 1. The van der Waals surface area contributed by atoms with Crippen molar-refractivity contribution in [2.45, 2.75) is 6.54 Å². The molecular weight excluding hydrogens is 240 g/mol. The summed E-state index contributed by atoms with van der Waals surface area (Å²) in [6, 6.07) is 7.22. The molecule has 0 saturated carbocycles. The van der Waals surface area contributed by atoms with Crippen LogP contribution < -0.4 is 10.1 Å². The molecule has 0 spiro atoms. The first-order chi connectivity index (χ1) is 8.28. The normalized spacial score (nSPS) is 10.0. The van der Waals surface area contributed by atoms with E-state index in [9.17, 15) is 0 Å². The zero-order valence-electron chi connectivity index (χ0n) is 9.22. The maximum atomic E-state index is 5.64. The minimum absolute atomic E-state index is 0.376. The molecule has 0 radical (unpaired) electrons. The summed E-state index contributed by atoms with van der Waals surface area (Å²) in [5.41, 5.74) is 1.05. The molecule has 2 aromatic heterocycles. The van der Waals surface area contributed by atoms with E-state index in [2.05, 4.69) is 20.5 Å². The van der Waals surface area contributed by atoms with Gasteiger partial charge in [-0.1, -0.05) is 11.6 Å². The zero-order valence-corrected chi connectivity index (χ0v) is 9.98. The second-order valence-corrected chi connectivity index (χ2v) is 3.69. The molecule has 2 rings (SSSR count). The molecule has 1 N–H and O–H groups in total. The van der Waals surface area contributed by atoms with Gasteiger partial charge >= 0.3 is 0 Å². The molecule has 0 bridgehead atoms.